The minimum atomic E-state index is 0. The van der Waals surface area contributed by atoms with E-state index < -0.39 is 0 Å². The SMILES string of the molecule is CCC1CN(C(=S)[S-])CCN1C(=S)[S-].[Na+].[Na+]. The molecule has 1 heterocycles. The van der Waals surface area contributed by atoms with Crippen LogP contribution >= 0.6 is 24.4 Å². The van der Waals surface area contributed by atoms with Crippen molar-refractivity contribution in [3.8, 4) is 0 Å². The number of thiocarbonyl (C=S) groups is 2. The maximum atomic E-state index is 5.03. The molecule has 0 spiro atoms. The molecule has 0 aliphatic carbocycles. The summed E-state index contributed by atoms with van der Waals surface area (Å²) in [6, 6.07) is 0.370. The minimum absolute atomic E-state index is 0. The van der Waals surface area contributed by atoms with Crippen LogP contribution < -0.4 is 59.1 Å². The molecule has 0 radical (unpaired) electrons. The van der Waals surface area contributed by atoms with Crippen LogP contribution in [0.1, 0.15) is 13.3 Å². The smallest absolute Gasteiger partial charge is 0.411 e. The molecule has 1 unspecified atom stereocenters. The number of piperazine rings is 1. The van der Waals surface area contributed by atoms with Crippen molar-refractivity contribution in [2.45, 2.75) is 19.4 Å². The van der Waals surface area contributed by atoms with Crippen molar-refractivity contribution in [2.24, 2.45) is 0 Å². The third-order valence-electron chi connectivity index (χ3n) is 2.45. The van der Waals surface area contributed by atoms with Gasteiger partial charge in [-0.2, -0.15) is 0 Å². The molecule has 0 aromatic rings. The Kier molecular flexibility index (Phi) is 12.9. The molecule has 0 N–H and O–H groups in total. The first-order valence-corrected chi connectivity index (χ1v) is 6.13. The molecule has 1 saturated heterocycles. The second-order valence-electron chi connectivity index (χ2n) is 3.23. The minimum Gasteiger partial charge on any atom is -0.411 e. The molecule has 1 fully saturated rings. The number of hydrogen-bond donors (Lipinski definition) is 0. The average molecular weight is 310 g/mol. The van der Waals surface area contributed by atoms with E-state index in [1.807, 2.05) is 4.90 Å². The molecule has 0 aromatic heterocycles. The predicted octanol–water partition coefficient (Wildman–Crippen LogP) is -4.95. The second kappa shape index (κ2) is 10.1. The zero-order chi connectivity index (χ0) is 10.7. The fraction of sp³-hybridized carbons (Fsp3) is 0.750. The van der Waals surface area contributed by atoms with E-state index in [0.29, 0.717) is 14.7 Å². The molecule has 80 valence electrons. The second-order valence-corrected chi connectivity index (χ2v) is 5.30. The summed E-state index contributed by atoms with van der Waals surface area (Å²) in [5.74, 6) is 0. The number of nitrogens with zero attached hydrogens (tertiary/aromatic N) is 2. The summed E-state index contributed by atoms with van der Waals surface area (Å²) >= 11 is 20.0. The van der Waals surface area contributed by atoms with Gasteiger partial charge in [-0.1, -0.05) is 15.6 Å². The average Bonchev–Trinajstić information content (AvgIpc) is 2.16. The van der Waals surface area contributed by atoms with Crippen LogP contribution in [0.2, 0.25) is 0 Å². The van der Waals surface area contributed by atoms with Crippen molar-refractivity contribution in [1.82, 2.24) is 9.80 Å². The predicted molar refractivity (Wildman–Crippen MR) is 72.3 cm³/mol. The van der Waals surface area contributed by atoms with Crippen LogP contribution in [0.5, 0.6) is 0 Å². The van der Waals surface area contributed by atoms with Gasteiger partial charge in [0.2, 0.25) is 0 Å². The van der Waals surface area contributed by atoms with E-state index in [1.54, 1.807) is 0 Å². The van der Waals surface area contributed by atoms with E-state index in [9.17, 15) is 0 Å². The van der Waals surface area contributed by atoms with Gasteiger partial charge in [0.15, 0.2) is 0 Å². The van der Waals surface area contributed by atoms with Gasteiger partial charge in [-0.05, 0) is 6.42 Å². The summed E-state index contributed by atoms with van der Waals surface area (Å²) in [5, 5.41) is 0. The van der Waals surface area contributed by atoms with Gasteiger partial charge in [0.1, 0.15) is 0 Å². The van der Waals surface area contributed by atoms with E-state index in [0.717, 1.165) is 26.1 Å². The van der Waals surface area contributed by atoms with Crippen LogP contribution in [-0.2, 0) is 25.3 Å². The standard InChI is InChI=1S/C8H14N2S4.2Na/c1-2-6-5-9(7(11)12)3-4-10(6)8(13)14;;/h6H,2-5H2,1H3,(H,11,12)(H,13,14);;/q;2*+1/p-2. The molecule has 8 heteroatoms. The van der Waals surface area contributed by atoms with Gasteiger partial charge in [-0.15, -0.1) is 0 Å². The summed E-state index contributed by atoms with van der Waals surface area (Å²) < 4.78 is 1.12. The fourth-order valence-corrected chi connectivity index (χ4v) is 2.42. The zero-order valence-corrected chi connectivity index (χ0v) is 17.2. The van der Waals surface area contributed by atoms with E-state index >= 15 is 0 Å². The Morgan fingerprint density at radius 3 is 2.12 bits per heavy atom. The van der Waals surface area contributed by atoms with Crippen molar-refractivity contribution >= 4 is 58.3 Å². The van der Waals surface area contributed by atoms with Crippen molar-refractivity contribution in [1.29, 1.82) is 0 Å². The number of rotatable bonds is 1. The van der Waals surface area contributed by atoms with Crippen molar-refractivity contribution in [3.05, 3.63) is 0 Å². The van der Waals surface area contributed by atoms with E-state index in [2.05, 4.69) is 11.8 Å². The Hall–Kier alpha value is 2.22. The zero-order valence-electron chi connectivity index (χ0n) is 9.93. The normalized spacial score (nSPS) is 19.4. The van der Waals surface area contributed by atoms with Crippen molar-refractivity contribution < 1.29 is 59.1 Å². The van der Waals surface area contributed by atoms with Gasteiger partial charge in [0.25, 0.3) is 0 Å². The quantitative estimate of drug-likeness (QED) is 0.270. The summed E-state index contributed by atoms with van der Waals surface area (Å²) in [4.78, 5) is 4.14. The Morgan fingerprint density at radius 1 is 1.19 bits per heavy atom. The molecule has 0 amide bonds. The summed E-state index contributed by atoms with van der Waals surface area (Å²) in [6.07, 6.45) is 1.02. The first-order chi connectivity index (χ1) is 6.56. The van der Waals surface area contributed by atoms with Crippen molar-refractivity contribution in [3.63, 3.8) is 0 Å². The molecule has 1 aliphatic heterocycles. The van der Waals surface area contributed by atoms with Gasteiger partial charge in [-0.3, -0.25) is 0 Å². The maximum absolute atomic E-state index is 5.03. The van der Waals surface area contributed by atoms with E-state index in [4.69, 9.17) is 49.7 Å². The molecule has 0 aromatic carbocycles. The monoisotopic (exact) mass is 310 g/mol. The Labute approximate surface area is 164 Å². The van der Waals surface area contributed by atoms with Crippen LogP contribution in [0.4, 0.5) is 0 Å². The van der Waals surface area contributed by atoms with Crippen LogP contribution in [0.15, 0.2) is 0 Å². The van der Waals surface area contributed by atoms with Gasteiger partial charge >= 0.3 is 59.1 Å². The third kappa shape index (κ3) is 5.91. The first kappa shape index (κ1) is 20.5. The van der Waals surface area contributed by atoms with Crippen LogP contribution in [-0.4, -0.2) is 44.1 Å². The molecule has 0 saturated carbocycles. The topological polar surface area (TPSA) is 6.48 Å². The number of hydrogen-bond acceptors (Lipinski definition) is 4. The van der Waals surface area contributed by atoms with Crippen LogP contribution in [0.25, 0.3) is 0 Å². The van der Waals surface area contributed by atoms with Crippen LogP contribution in [0, 0.1) is 0 Å². The van der Waals surface area contributed by atoms with Gasteiger partial charge < -0.3 is 59.5 Å². The molecule has 2 nitrogen and oxygen atoms in total. The first-order valence-electron chi connectivity index (χ1n) is 4.49. The maximum Gasteiger partial charge on any atom is 1.00 e. The third-order valence-corrected chi connectivity index (χ3v) is 3.43. The van der Waals surface area contributed by atoms with Gasteiger partial charge in [0, 0.05) is 25.7 Å². The summed E-state index contributed by atoms with van der Waals surface area (Å²) in [5.41, 5.74) is 0. The fourth-order valence-electron chi connectivity index (χ4n) is 1.61. The Morgan fingerprint density at radius 2 is 1.75 bits per heavy atom. The van der Waals surface area contributed by atoms with Gasteiger partial charge in [-0.25, -0.2) is 0 Å². The van der Waals surface area contributed by atoms with Crippen molar-refractivity contribution in [2.75, 3.05) is 19.6 Å². The Balaban J connectivity index is 0. The van der Waals surface area contributed by atoms with Gasteiger partial charge in [0.05, 0.1) is 0 Å². The molecule has 0 bridgehead atoms. The summed E-state index contributed by atoms with van der Waals surface area (Å²) in [7, 11) is 0. The molecule has 1 atom stereocenters. The van der Waals surface area contributed by atoms with Crippen LogP contribution in [0.3, 0.4) is 0 Å². The Bertz CT molecular complexity index is 252. The van der Waals surface area contributed by atoms with E-state index in [-0.39, 0.29) is 59.1 Å². The molecule has 1 aliphatic rings. The molecule has 16 heavy (non-hydrogen) atoms. The molecular weight excluding hydrogens is 298 g/mol. The molecule has 1 rings (SSSR count). The van der Waals surface area contributed by atoms with E-state index in [1.165, 1.54) is 0 Å². The largest absolute Gasteiger partial charge is 1.00 e. The summed E-state index contributed by atoms with van der Waals surface area (Å²) in [6.45, 7) is 4.67. The molecular formula is C8H12N2Na2S4.